The van der Waals surface area contributed by atoms with Gasteiger partial charge in [0.15, 0.2) is 0 Å². The van der Waals surface area contributed by atoms with Gasteiger partial charge in [-0.25, -0.2) is 0 Å². The van der Waals surface area contributed by atoms with Gasteiger partial charge in [-0.2, -0.15) is 0 Å². The number of carboxylic acid groups (broad SMARTS) is 1. The number of nitrogens with zero attached hydrogens (tertiary/aromatic N) is 2. The van der Waals surface area contributed by atoms with Gasteiger partial charge in [-0.1, -0.05) is 16.1 Å². The molecule has 0 spiro atoms. The molecular weight excluding hydrogens is 226 g/mol. The Bertz CT molecular complexity index is 305. The van der Waals surface area contributed by atoms with Gasteiger partial charge in [0.05, 0.1) is 0 Å². The summed E-state index contributed by atoms with van der Waals surface area (Å²) in [6.07, 6.45) is 0.778. The van der Waals surface area contributed by atoms with Crippen LogP contribution >= 0.6 is 23.1 Å². The van der Waals surface area contributed by atoms with Crippen LogP contribution in [-0.4, -0.2) is 27.2 Å². The van der Waals surface area contributed by atoms with E-state index in [-0.39, 0.29) is 6.42 Å². The molecule has 1 heterocycles. The van der Waals surface area contributed by atoms with Gasteiger partial charge < -0.3 is 10.4 Å². The summed E-state index contributed by atoms with van der Waals surface area (Å²) in [5, 5.41) is 15.2. The minimum atomic E-state index is -0.778. The normalized spacial score (nSPS) is 10.4. The third-order valence-corrected chi connectivity index (χ3v) is 2.53. The van der Waals surface area contributed by atoms with E-state index in [1.807, 2.05) is 0 Å². The molecule has 0 aliphatic rings. The molecule has 1 aromatic rings. The quantitative estimate of drug-likeness (QED) is 0.724. The van der Waals surface area contributed by atoms with Crippen molar-refractivity contribution in [3.8, 4) is 0 Å². The standard InChI is InChI=1S/C7H10ClN3O2S/c8-7-5(10-11-14-7)4-9-3-1-2-6(12)13/h9H,1-4H2,(H,12,13). The summed E-state index contributed by atoms with van der Waals surface area (Å²) in [7, 11) is 0. The van der Waals surface area contributed by atoms with Crippen LogP contribution in [0.5, 0.6) is 0 Å². The minimum Gasteiger partial charge on any atom is -0.481 e. The molecule has 7 heteroatoms. The SMILES string of the molecule is O=C(O)CCCNCc1nnsc1Cl. The number of hydrogen-bond acceptors (Lipinski definition) is 5. The van der Waals surface area contributed by atoms with Crippen molar-refractivity contribution < 1.29 is 9.90 Å². The molecule has 2 N–H and O–H groups in total. The topological polar surface area (TPSA) is 75.1 Å². The first-order chi connectivity index (χ1) is 6.70. The summed E-state index contributed by atoms with van der Waals surface area (Å²) in [6, 6.07) is 0. The summed E-state index contributed by atoms with van der Waals surface area (Å²) < 4.78 is 4.25. The predicted molar refractivity (Wildman–Crippen MR) is 53.5 cm³/mol. The van der Waals surface area contributed by atoms with E-state index < -0.39 is 5.97 Å². The highest BCUT2D eigenvalue weighted by Gasteiger charge is 2.03. The molecule has 0 fully saturated rings. The van der Waals surface area contributed by atoms with Gasteiger partial charge in [-0.15, -0.1) is 5.10 Å². The highest BCUT2D eigenvalue weighted by Crippen LogP contribution is 2.16. The lowest BCUT2D eigenvalue weighted by molar-refractivity contribution is -0.137. The van der Waals surface area contributed by atoms with Crippen LogP contribution in [-0.2, 0) is 11.3 Å². The average molecular weight is 236 g/mol. The molecule has 0 unspecified atom stereocenters. The summed E-state index contributed by atoms with van der Waals surface area (Å²) in [5.41, 5.74) is 0.715. The number of nitrogens with one attached hydrogen (secondary N) is 1. The summed E-state index contributed by atoms with van der Waals surface area (Å²) >= 11 is 6.91. The van der Waals surface area contributed by atoms with E-state index >= 15 is 0 Å². The van der Waals surface area contributed by atoms with Crippen molar-refractivity contribution in [3.05, 3.63) is 10.0 Å². The zero-order valence-corrected chi connectivity index (χ0v) is 8.94. The van der Waals surface area contributed by atoms with Crippen LogP contribution in [0.25, 0.3) is 0 Å². The van der Waals surface area contributed by atoms with E-state index in [0.717, 1.165) is 11.5 Å². The van der Waals surface area contributed by atoms with Gasteiger partial charge >= 0.3 is 5.97 Å². The fourth-order valence-corrected chi connectivity index (χ4v) is 1.50. The Morgan fingerprint density at radius 2 is 2.43 bits per heavy atom. The maximum atomic E-state index is 10.2. The molecule has 1 aromatic heterocycles. The molecule has 0 radical (unpaired) electrons. The molecule has 14 heavy (non-hydrogen) atoms. The second-order valence-corrected chi connectivity index (χ2v) is 4.02. The van der Waals surface area contributed by atoms with Gasteiger partial charge in [0.1, 0.15) is 10.0 Å². The van der Waals surface area contributed by atoms with Gasteiger partial charge in [0, 0.05) is 24.5 Å². The first kappa shape index (κ1) is 11.4. The molecule has 0 bridgehead atoms. The van der Waals surface area contributed by atoms with E-state index in [1.54, 1.807) is 0 Å². The van der Waals surface area contributed by atoms with Crippen LogP contribution in [0.4, 0.5) is 0 Å². The lowest BCUT2D eigenvalue weighted by Crippen LogP contribution is -2.16. The average Bonchev–Trinajstić information content (AvgIpc) is 2.51. The Hall–Kier alpha value is -0.720. The summed E-state index contributed by atoms with van der Waals surface area (Å²) in [6.45, 7) is 1.18. The van der Waals surface area contributed by atoms with Crippen LogP contribution in [0.1, 0.15) is 18.5 Å². The molecule has 5 nitrogen and oxygen atoms in total. The second-order valence-electron chi connectivity index (χ2n) is 2.67. The maximum Gasteiger partial charge on any atom is 0.303 e. The first-order valence-corrected chi connectivity index (χ1v) is 5.24. The van der Waals surface area contributed by atoms with Crippen molar-refractivity contribution >= 4 is 29.1 Å². The van der Waals surface area contributed by atoms with Crippen molar-refractivity contribution in [2.75, 3.05) is 6.54 Å². The van der Waals surface area contributed by atoms with Crippen LogP contribution in [0, 0.1) is 0 Å². The van der Waals surface area contributed by atoms with E-state index in [0.29, 0.717) is 29.5 Å². The molecule has 0 aliphatic heterocycles. The Morgan fingerprint density at radius 1 is 1.64 bits per heavy atom. The third-order valence-electron chi connectivity index (χ3n) is 1.55. The number of carboxylic acids is 1. The van der Waals surface area contributed by atoms with E-state index in [1.165, 1.54) is 0 Å². The highest BCUT2D eigenvalue weighted by atomic mass is 35.5. The largest absolute Gasteiger partial charge is 0.481 e. The summed E-state index contributed by atoms with van der Waals surface area (Å²) in [5.74, 6) is -0.778. The number of hydrogen-bond donors (Lipinski definition) is 2. The van der Waals surface area contributed by atoms with Crippen molar-refractivity contribution in [1.82, 2.24) is 14.9 Å². The minimum absolute atomic E-state index is 0.177. The molecule has 0 atom stereocenters. The highest BCUT2D eigenvalue weighted by molar-refractivity contribution is 7.10. The third kappa shape index (κ3) is 3.99. The van der Waals surface area contributed by atoms with Crippen molar-refractivity contribution in [2.24, 2.45) is 0 Å². The Kier molecular flexibility index (Phi) is 4.78. The lowest BCUT2D eigenvalue weighted by Gasteiger charge is -2.00. The van der Waals surface area contributed by atoms with Gasteiger partial charge in [0.25, 0.3) is 0 Å². The van der Waals surface area contributed by atoms with Gasteiger partial charge in [-0.05, 0) is 13.0 Å². The summed E-state index contributed by atoms with van der Waals surface area (Å²) in [4.78, 5) is 10.2. The number of aromatic nitrogens is 2. The second kappa shape index (κ2) is 5.90. The van der Waals surface area contributed by atoms with Gasteiger partial charge in [0.2, 0.25) is 0 Å². The van der Waals surface area contributed by atoms with Crippen LogP contribution < -0.4 is 5.32 Å². The molecule has 1 rings (SSSR count). The Morgan fingerprint density at radius 3 is 3.00 bits per heavy atom. The van der Waals surface area contributed by atoms with Crippen LogP contribution in [0.2, 0.25) is 4.34 Å². The Balaban J connectivity index is 2.10. The number of aliphatic carboxylic acids is 1. The molecular formula is C7H10ClN3O2S. The van der Waals surface area contributed by atoms with Gasteiger partial charge in [-0.3, -0.25) is 4.79 Å². The van der Waals surface area contributed by atoms with Crippen LogP contribution in [0.3, 0.4) is 0 Å². The monoisotopic (exact) mass is 235 g/mol. The molecule has 0 aromatic carbocycles. The zero-order chi connectivity index (χ0) is 10.4. The van der Waals surface area contributed by atoms with E-state index in [2.05, 4.69) is 14.9 Å². The number of halogens is 1. The molecule has 0 saturated heterocycles. The number of carbonyl (C=O) groups is 1. The predicted octanol–water partition coefficient (Wildman–Crippen LogP) is 1.15. The zero-order valence-electron chi connectivity index (χ0n) is 7.36. The first-order valence-electron chi connectivity index (χ1n) is 4.09. The smallest absolute Gasteiger partial charge is 0.303 e. The fraction of sp³-hybridized carbons (Fsp3) is 0.571. The van der Waals surface area contributed by atoms with Crippen LogP contribution in [0.15, 0.2) is 0 Å². The number of rotatable bonds is 6. The maximum absolute atomic E-state index is 10.2. The molecule has 0 saturated carbocycles. The fourth-order valence-electron chi connectivity index (χ4n) is 0.874. The van der Waals surface area contributed by atoms with E-state index in [4.69, 9.17) is 16.7 Å². The molecule has 0 aliphatic carbocycles. The van der Waals surface area contributed by atoms with Crippen molar-refractivity contribution in [1.29, 1.82) is 0 Å². The van der Waals surface area contributed by atoms with Crippen molar-refractivity contribution in [2.45, 2.75) is 19.4 Å². The Labute approximate surface area is 90.3 Å². The van der Waals surface area contributed by atoms with Crippen molar-refractivity contribution in [3.63, 3.8) is 0 Å². The van der Waals surface area contributed by atoms with E-state index in [9.17, 15) is 4.79 Å². The lowest BCUT2D eigenvalue weighted by atomic mass is 10.3. The molecule has 0 amide bonds. The molecule has 78 valence electrons.